The van der Waals surface area contributed by atoms with Crippen molar-refractivity contribution in [3.05, 3.63) is 0 Å². The van der Waals surface area contributed by atoms with E-state index in [1.54, 1.807) is 0 Å². The summed E-state index contributed by atoms with van der Waals surface area (Å²) in [4.78, 5) is 2.48. The number of hydrogen-bond donors (Lipinski definition) is 1. The summed E-state index contributed by atoms with van der Waals surface area (Å²) < 4.78 is 5.37. The Kier molecular flexibility index (Phi) is 3.10. The van der Waals surface area contributed by atoms with Gasteiger partial charge < -0.3 is 14.7 Å². The first-order chi connectivity index (χ1) is 6.72. The van der Waals surface area contributed by atoms with Gasteiger partial charge in [-0.05, 0) is 25.3 Å². The van der Waals surface area contributed by atoms with Crippen LogP contribution in [0.3, 0.4) is 0 Å². The zero-order valence-electron chi connectivity index (χ0n) is 9.04. The monoisotopic (exact) mass is 199 g/mol. The van der Waals surface area contributed by atoms with E-state index >= 15 is 0 Å². The van der Waals surface area contributed by atoms with Crippen molar-refractivity contribution in [2.24, 2.45) is 11.3 Å². The van der Waals surface area contributed by atoms with E-state index in [4.69, 9.17) is 4.74 Å². The highest BCUT2D eigenvalue weighted by molar-refractivity contribution is 4.86. The molecule has 0 amide bonds. The van der Waals surface area contributed by atoms with Gasteiger partial charge in [-0.15, -0.1) is 0 Å². The highest BCUT2D eigenvalue weighted by atomic mass is 16.5. The maximum atomic E-state index is 9.25. The van der Waals surface area contributed by atoms with Crippen LogP contribution in [0, 0.1) is 11.3 Å². The highest BCUT2D eigenvalue weighted by Crippen LogP contribution is 2.30. The van der Waals surface area contributed by atoms with E-state index in [-0.39, 0.29) is 5.41 Å². The van der Waals surface area contributed by atoms with Gasteiger partial charge in [0.05, 0.1) is 6.61 Å². The van der Waals surface area contributed by atoms with Gasteiger partial charge in [0.25, 0.3) is 0 Å². The van der Waals surface area contributed by atoms with Crippen LogP contribution in [-0.4, -0.2) is 49.5 Å². The smallest absolute Gasteiger partial charge is 0.0507 e. The van der Waals surface area contributed by atoms with Crippen molar-refractivity contribution in [3.8, 4) is 0 Å². The molecule has 0 bridgehead atoms. The molecule has 2 fully saturated rings. The molecule has 2 rings (SSSR count). The number of aliphatic hydroxyl groups is 1. The summed E-state index contributed by atoms with van der Waals surface area (Å²) >= 11 is 0. The molecule has 14 heavy (non-hydrogen) atoms. The zero-order chi connectivity index (χ0) is 10.0. The summed E-state index contributed by atoms with van der Waals surface area (Å²) in [5, 5.41) is 9.25. The van der Waals surface area contributed by atoms with Gasteiger partial charge in [0.15, 0.2) is 0 Å². The minimum absolute atomic E-state index is 0.152. The van der Waals surface area contributed by atoms with Gasteiger partial charge in [0, 0.05) is 31.7 Å². The first kappa shape index (κ1) is 10.4. The number of hydrogen-bond acceptors (Lipinski definition) is 3. The number of nitrogens with zero attached hydrogens (tertiary/aromatic N) is 1. The minimum Gasteiger partial charge on any atom is -0.396 e. The molecule has 0 aromatic heterocycles. The number of aliphatic hydroxyl groups excluding tert-OH is 1. The molecule has 0 aliphatic carbocycles. The molecule has 2 atom stereocenters. The molecular weight excluding hydrogens is 178 g/mol. The second-order valence-corrected chi connectivity index (χ2v) is 5.18. The normalized spacial score (nSPS) is 39.4. The van der Waals surface area contributed by atoms with E-state index in [9.17, 15) is 5.11 Å². The molecule has 3 heteroatoms. The maximum absolute atomic E-state index is 9.25. The van der Waals surface area contributed by atoms with Crippen LogP contribution in [0.25, 0.3) is 0 Å². The van der Waals surface area contributed by atoms with Crippen LogP contribution < -0.4 is 0 Å². The summed E-state index contributed by atoms with van der Waals surface area (Å²) in [7, 11) is 0. The Morgan fingerprint density at radius 2 is 2.43 bits per heavy atom. The summed E-state index contributed by atoms with van der Waals surface area (Å²) in [6, 6.07) is 0. The van der Waals surface area contributed by atoms with E-state index in [1.807, 2.05) is 0 Å². The van der Waals surface area contributed by atoms with Crippen LogP contribution in [0.2, 0.25) is 0 Å². The lowest BCUT2D eigenvalue weighted by molar-refractivity contribution is 0.137. The van der Waals surface area contributed by atoms with Crippen molar-refractivity contribution in [1.29, 1.82) is 0 Å². The Bertz CT molecular complexity index is 192. The summed E-state index contributed by atoms with van der Waals surface area (Å²) in [5.74, 6) is 0.732. The second kappa shape index (κ2) is 4.17. The van der Waals surface area contributed by atoms with Crippen molar-refractivity contribution >= 4 is 0 Å². The molecule has 2 aliphatic rings. The van der Waals surface area contributed by atoms with Gasteiger partial charge >= 0.3 is 0 Å². The average Bonchev–Trinajstić information content (AvgIpc) is 2.78. The van der Waals surface area contributed by atoms with Gasteiger partial charge in [-0.25, -0.2) is 0 Å². The Morgan fingerprint density at radius 3 is 3.00 bits per heavy atom. The fourth-order valence-electron chi connectivity index (χ4n) is 2.50. The topological polar surface area (TPSA) is 32.7 Å². The summed E-state index contributed by atoms with van der Waals surface area (Å²) in [5.41, 5.74) is 0.152. The molecule has 0 radical (unpaired) electrons. The van der Waals surface area contributed by atoms with Crippen LogP contribution in [0.4, 0.5) is 0 Å². The highest BCUT2D eigenvalue weighted by Gasteiger charge is 2.34. The maximum Gasteiger partial charge on any atom is 0.0507 e. The van der Waals surface area contributed by atoms with Crippen molar-refractivity contribution in [2.75, 3.05) is 39.5 Å². The van der Waals surface area contributed by atoms with Crippen LogP contribution in [-0.2, 0) is 4.74 Å². The standard InChI is InChI=1S/C11H21NO2/c1-11(9-13)3-4-12(8-11)6-10-2-5-14-7-10/h10,13H,2-9H2,1H3. The van der Waals surface area contributed by atoms with Gasteiger partial charge in [0.1, 0.15) is 0 Å². The van der Waals surface area contributed by atoms with E-state index < -0.39 is 0 Å². The molecule has 82 valence electrons. The molecule has 0 aromatic rings. The molecule has 2 saturated heterocycles. The Balaban J connectivity index is 1.78. The van der Waals surface area contributed by atoms with Gasteiger partial charge in [-0.1, -0.05) is 6.92 Å². The van der Waals surface area contributed by atoms with E-state index in [1.165, 1.54) is 6.42 Å². The Labute approximate surface area is 86.0 Å². The fourth-order valence-corrected chi connectivity index (χ4v) is 2.50. The Morgan fingerprint density at radius 1 is 1.57 bits per heavy atom. The third-order valence-electron chi connectivity index (χ3n) is 3.56. The Hall–Kier alpha value is -0.120. The third kappa shape index (κ3) is 2.27. The molecule has 0 saturated carbocycles. The molecule has 1 N–H and O–H groups in total. The van der Waals surface area contributed by atoms with Crippen LogP contribution in [0.1, 0.15) is 19.8 Å². The second-order valence-electron chi connectivity index (χ2n) is 5.18. The molecule has 2 aliphatic heterocycles. The molecule has 0 aromatic carbocycles. The lowest BCUT2D eigenvalue weighted by Crippen LogP contribution is -2.31. The van der Waals surface area contributed by atoms with Crippen molar-refractivity contribution < 1.29 is 9.84 Å². The van der Waals surface area contributed by atoms with Crippen LogP contribution in [0.15, 0.2) is 0 Å². The van der Waals surface area contributed by atoms with E-state index in [0.29, 0.717) is 6.61 Å². The molecular formula is C11H21NO2. The van der Waals surface area contributed by atoms with Crippen molar-refractivity contribution in [3.63, 3.8) is 0 Å². The lowest BCUT2D eigenvalue weighted by Gasteiger charge is -2.23. The quantitative estimate of drug-likeness (QED) is 0.727. The number of ether oxygens (including phenoxy) is 1. The predicted molar refractivity (Wildman–Crippen MR) is 55.2 cm³/mol. The van der Waals surface area contributed by atoms with Crippen molar-refractivity contribution in [2.45, 2.75) is 19.8 Å². The number of rotatable bonds is 3. The zero-order valence-corrected chi connectivity index (χ0v) is 9.04. The minimum atomic E-state index is 0.152. The van der Waals surface area contributed by atoms with E-state index in [2.05, 4.69) is 11.8 Å². The van der Waals surface area contributed by atoms with E-state index in [0.717, 1.165) is 45.2 Å². The van der Waals surface area contributed by atoms with Gasteiger partial charge in [0.2, 0.25) is 0 Å². The van der Waals surface area contributed by atoms with Gasteiger partial charge in [-0.2, -0.15) is 0 Å². The predicted octanol–water partition coefficient (Wildman–Crippen LogP) is 0.727. The fraction of sp³-hybridized carbons (Fsp3) is 1.00. The SMILES string of the molecule is CC1(CO)CCN(CC2CCOC2)C1. The summed E-state index contributed by atoms with van der Waals surface area (Å²) in [6.07, 6.45) is 2.35. The van der Waals surface area contributed by atoms with Crippen molar-refractivity contribution in [1.82, 2.24) is 4.90 Å². The third-order valence-corrected chi connectivity index (χ3v) is 3.56. The summed E-state index contributed by atoms with van der Waals surface area (Å²) in [6.45, 7) is 7.74. The molecule has 2 heterocycles. The van der Waals surface area contributed by atoms with Crippen LogP contribution in [0.5, 0.6) is 0 Å². The van der Waals surface area contributed by atoms with Gasteiger partial charge in [-0.3, -0.25) is 0 Å². The number of likely N-dealkylation sites (tertiary alicyclic amines) is 1. The molecule has 3 nitrogen and oxygen atoms in total. The lowest BCUT2D eigenvalue weighted by atomic mass is 9.91. The largest absolute Gasteiger partial charge is 0.396 e. The molecule has 2 unspecified atom stereocenters. The molecule has 0 spiro atoms. The first-order valence-corrected chi connectivity index (χ1v) is 5.63. The average molecular weight is 199 g/mol. The first-order valence-electron chi connectivity index (χ1n) is 5.63. The van der Waals surface area contributed by atoms with Crippen LogP contribution >= 0.6 is 0 Å².